The lowest BCUT2D eigenvalue weighted by Gasteiger charge is -2.07. The molecule has 0 saturated heterocycles. The number of rotatable bonds is 4. The third-order valence-corrected chi connectivity index (χ3v) is 2.63. The lowest BCUT2D eigenvalue weighted by molar-refractivity contribution is -0.116. The van der Waals surface area contributed by atoms with E-state index >= 15 is 0 Å². The predicted octanol–water partition coefficient (Wildman–Crippen LogP) is 3.57. The van der Waals surface area contributed by atoms with Gasteiger partial charge in [-0.1, -0.05) is 41.9 Å². The van der Waals surface area contributed by atoms with Crippen LogP contribution in [0.1, 0.15) is 25.8 Å². The zero-order valence-electron chi connectivity index (χ0n) is 9.09. The topological polar surface area (TPSA) is 29.1 Å². The number of amides is 1. The minimum Gasteiger partial charge on any atom is -0.326 e. The Bertz CT molecular complexity index is 319. The molecule has 1 rings (SSSR count). The summed E-state index contributed by atoms with van der Waals surface area (Å²) in [6.07, 6.45) is 0.570. The number of hydrogen-bond acceptors (Lipinski definition) is 1. The first-order chi connectivity index (χ1) is 7.11. The number of carbonyl (C=O) groups excluding carboxylic acids is 1. The highest BCUT2D eigenvalue weighted by molar-refractivity contribution is 9.08. The molecule has 2 nitrogen and oxygen atoms in total. The highest BCUT2D eigenvalue weighted by atomic mass is 79.9. The first kappa shape index (κ1) is 12.2. The molecule has 0 heterocycles. The van der Waals surface area contributed by atoms with Crippen LogP contribution in [-0.2, 0) is 10.1 Å². The van der Waals surface area contributed by atoms with E-state index in [1.54, 1.807) is 0 Å². The van der Waals surface area contributed by atoms with Crippen LogP contribution in [0, 0.1) is 5.92 Å². The molecule has 1 aromatic carbocycles. The molecule has 0 atom stereocenters. The standard InChI is InChI=1S/C12H16BrNO/c1-9(2)7-12(15)14-11-5-3-10(8-13)4-6-11/h3-6,9H,7-8H2,1-2H3,(H,14,15). The summed E-state index contributed by atoms with van der Waals surface area (Å²) in [5, 5.41) is 3.71. The second-order valence-corrected chi connectivity index (χ2v) is 4.54. The Morgan fingerprint density at radius 1 is 1.33 bits per heavy atom. The lowest BCUT2D eigenvalue weighted by atomic mass is 10.1. The molecule has 0 unspecified atom stereocenters. The fourth-order valence-electron chi connectivity index (χ4n) is 1.26. The molecule has 3 heteroatoms. The van der Waals surface area contributed by atoms with Crippen LogP contribution in [0.5, 0.6) is 0 Å². The number of nitrogens with one attached hydrogen (secondary N) is 1. The molecule has 0 bridgehead atoms. The van der Waals surface area contributed by atoms with Gasteiger partial charge in [0.1, 0.15) is 0 Å². The first-order valence-electron chi connectivity index (χ1n) is 5.06. The van der Waals surface area contributed by atoms with Gasteiger partial charge in [-0.15, -0.1) is 0 Å². The summed E-state index contributed by atoms with van der Waals surface area (Å²) in [4.78, 5) is 11.5. The first-order valence-corrected chi connectivity index (χ1v) is 6.18. The van der Waals surface area contributed by atoms with Gasteiger partial charge in [-0.2, -0.15) is 0 Å². The van der Waals surface area contributed by atoms with Gasteiger partial charge in [0.15, 0.2) is 0 Å². The summed E-state index contributed by atoms with van der Waals surface area (Å²) in [6, 6.07) is 7.85. The van der Waals surface area contributed by atoms with Crippen molar-refractivity contribution in [3.63, 3.8) is 0 Å². The van der Waals surface area contributed by atoms with Crippen LogP contribution >= 0.6 is 15.9 Å². The molecular weight excluding hydrogens is 254 g/mol. The summed E-state index contributed by atoms with van der Waals surface area (Å²) >= 11 is 3.38. The average molecular weight is 270 g/mol. The van der Waals surface area contributed by atoms with Crippen LogP contribution < -0.4 is 5.32 Å². The lowest BCUT2D eigenvalue weighted by Crippen LogP contribution is -2.13. The summed E-state index contributed by atoms with van der Waals surface area (Å²) < 4.78 is 0. The van der Waals surface area contributed by atoms with Crippen LogP contribution in [0.3, 0.4) is 0 Å². The van der Waals surface area contributed by atoms with Gasteiger partial charge >= 0.3 is 0 Å². The van der Waals surface area contributed by atoms with Gasteiger partial charge in [0.2, 0.25) is 5.91 Å². The Balaban J connectivity index is 2.53. The molecule has 0 spiro atoms. The van der Waals surface area contributed by atoms with Crippen molar-refractivity contribution in [2.24, 2.45) is 5.92 Å². The van der Waals surface area contributed by atoms with Crippen molar-refractivity contribution in [2.75, 3.05) is 5.32 Å². The van der Waals surface area contributed by atoms with E-state index < -0.39 is 0 Å². The summed E-state index contributed by atoms with van der Waals surface area (Å²) in [6.45, 7) is 4.07. The Morgan fingerprint density at radius 3 is 2.40 bits per heavy atom. The molecule has 0 aliphatic carbocycles. The number of benzene rings is 1. The van der Waals surface area contributed by atoms with Gasteiger partial charge in [0.25, 0.3) is 0 Å². The van der Waals surface area contributed by atoms with Crippen molar-refractivity contribution in [2.45, 2.75) is 25.6 Å². The van der Waals surface area contributed by atoms with E-state index in [1.165, 1.54) is 5.56 Å². The van der Waals surface area contributed by atoms with E-state index in [-0.39, 0.29) is 5.91 Å². The van der Waals surface area contributed by atoms with Crippen LogP contribution in [0.15, 0.2) is 24.3 Å². The van der Waals surface area contributed by atoms with E-state index in [9.17, 15) is 4.79 Å². The monoisotopic (exact) mass is 269 g/mol. The maximum atomic E-state index is 11.5. The van der Waals surface area contributed by atoms with Crippen LogP contribution in [0.2, 0.25) is 0 Å². The SMILES string of the molecule is CC(C)CC(=O)Nc1ccc(CBr)cc1. The molecule has 1 aromatic rings. The van der Waals surface area contributed by atoms with Gasteiger partial charge in [0.05, 0.1) is 0 Å². The Hall–Kier alpha value is -0.830. The summed E-state index contributed by atoms with van der Waals surface area (Å²) in [5.41, 5.74) is 2.07. The molecule has 1 amide bonds. The zero-order chi connectivity index (χ0) is 11.3. The number of carbonyl (C=O) groups is 1. The van der Waals surface area contributed by atoms with E-state index in [4.69, 9.17) is 0 Å². The van der Waals surface area contributed by atoms with Crippen molar-refractivity contribution in [3.05, 3.63) is 29.8 Å². The van der Waals surface area contributed by atoms with Gasteiger partial charge in [0, 0.05) is 17.4 Å². The molecule has 0 radical (unpaired) electrons. The van der Waals surface area contributed by atoms with E-state index in [2.05, 4.69) is 21.2 Å². The van der Waals surface area contributed by atoms with Crippen LogP contribution in [0.25, 0.3) is 0 Å². The Labute approximate surface area is 99.2 Å². The van der Waals surface area contributed by atoms with Crippen molar-refractivity contribution < 1.29 is 4.79 Å². The average Bonchev–Trinajstić information content (AvgIpc) is 2.17. The van der Waals surface area contributed by atoms with Crippen molar-refractivity contribution in [1.82, 2.24) is 0 Å². The molecular formula is C12H16BrNO. The van der Waals surface area contributed by atoms with Crippen molar-refractivity contribution in [3.8, 4) is 0 Å². The van der Waals surface area contributed by atoms with E-state index in [1.807, 2.05) is 38.1 Å². The molecule has 0 saturated carbocycles. The normalized spacial score (nSPS) is 10.4. The molecule has 0 fully saturated rings. The van der Waals surface area contributed by atoms with Crippen molar-refractivity contribution >= 4 is 27.5 Å². The third-order valence-electron chi connectivity index (χ3n) is 1.99. The maximum absolute atomic E-state index is 11.5. The van der Waals surface area contributed by atoms with Gasteiger partial charge in [-0.3, -0.25) is 4.79 Å². The van der Waals surface area contributed by atoms with Gasteiger partial charge < -0.3 is 5.32 Å². The number of hydrogen-bond donors (Lipinski definition) is 1. The molecule has 0 aromatic heterocycles. The van der Waals surface area contributed by atoms with Gasteiger partial charge in [-0.25, -0.2) is 0 Å². The number of alkyl halides is 1. The highest BCUT2D eigenvalue weighted by Gasteiger charge is 2.04. The van der Waals surface area contributed by atoms with Gasteiger partial charge in [-0.05, 0) is 23.6 Å². The fourth-order valence-corrected chi connectivity index (χ4v) is 1.63. The Kier molecular flexibility index (Phi) is 4.82. The second-order valence-electron chi connectivity index (χ2n) is 3.98. The number of halogens is 1. The maximum Gasteiger partial charge on any atom is 0.224 e. The Morgan fingerprint density at radius 2 is 1.93 bits per heavy atom. The van der Waals surface area contributed by atoms with E-state index in [0.717, 1.165) is 11.0 Å². The fraction of sp³-hybridized carbons (Fsp3) is 0.417. The predicted molar refractivity (Wildman–Crippen MR) is 67.2 cm³/mol. The number of anilines is 1. The molecule has 0 aliphatic rings. The molecule has 1 N–H and O–H groups in total. The molecule has 15 heavy (non-hydrogen) atoms. The quantitative estimate of drug-likeness (QED) is 0.833. The summed E-state index contributed by atoms with van der Waals surface area (Å²) in [7, 11) is 0. The molecule has 82 valence electrons. The van der Waals surface area contributed by atoms with Crippen LogP contribution in [0.4, 0.5) is 5.69 Å². The second kappa shape index (κ2) is 5.91. The summed E-state index contributed by atoms with van der Waals surface area (Å²) in [5.74, 6) is 0.475. The largest absolute Gasteiger partial charge is 0.326 e. The minimum absolute atomic E-state index is 0.0802. The third kappa shape index (κ3) is 4.47. The molecule has 0 aliphatic heterocycles. The zero-order valence-corrected chi connectivity index (χ0v) is 10.7. The smallest absolute Gasteiger partial charge is 0.224 e. The highest BCUT2D eigenvalue weighted by Crippen LogP contribution is 2.12. The van der Waals surface area contributed by atoms with Crippen molar-refractivity contribution in [1.29, 1.82) is 0 Å². The minimum atomic E-state index is 0.0802. The van der Waals surface area contributed by atoms with E-state index in [0.29, 0.717) is 12.3 Å². The van der Waals surface area contributed by atoms with Crippen LogP contribution in [-0.4, -0.2) is 5.91 Å².